The Kier molecular flexibility index (Phi) is 5.37. The standard InChI is InChI=1S/C20H27NO5/c1-13-6-5-7-14(2)16(13)17-18(22)20(21(25-4)19(17)23)10-8-15(9-11-20)26-12-24-3/h5-7,15,22H,8-12H2,1-4H3. The molecule has 1 heterocycles. The minimum absolute atomic E-state index is 0.0615. The molecule has 0 saturated heterocycles. The van der Waals surface area contributed by atoms with Gasteiger partial charge < -0.3 is 14.6 Å². The van der Waals surface area contributed by atoms with E-state index in [1.807, 2.05) is 32.0 Å². The molecular weight excluding hydrogens is 334 g/mol. The molecule has 1 saturated carbocycles. The van der Waals surface area contributed by atoms with E-state index < -0.39 is 5.54 Å². The number of hydrogen-bond donors (Lipinski definition) is 1. The second-order valence-electron chi connectivity index (χ2n) is 7.08. The van der Waals surface area contributed by atoms with E-state index in [-0.39, 0.29) is 24.6 Å². The van der Waals surface area contributed by atoms with Gasteiger partial charge in [-0.25, -0.2) is 5.06 Å². The molecule has 2 aliphatic rings. The Balaban J connectivity index is 1.98. The van der Waals surface area contributed by atoms with Crippen molar-refractivity contribution in [1.82, 2.24) is 5.06 Å². The van der Waals surface area contributed by atoms with Gasteiger partial charge in [-0.1, -0.05) is 18.2 Å². The molecule has 0 aromatic heterocycles. The Hall–Kier alpha value is -1.89. The first-order valence-corrected chi connectivity index (χ1v) is 8.95. The van der Waals surface area contributed by atoms with Gasteiger partial charge in [0.2, 0.25) is 0 Å². The average Bonchev–Trinajstić information content (AvgIpc) is 2.82. The number of aliphatic hydroxyl groups excluding tert-OH is 1. The van der Waals surface area contributed by atoms with Crippen molar-refractivity contribution in [2.24, 2.45) is 0 Å². The van der Waals surface area contributed by atoms with Crippen molar-refractivity contribution in [1.29, 1.82) is 0 Å². The van der Waals surface area contributed by atoms with Crippen LogP contribution in [0.1, 0.15) is 42.4 Å². The van der Waals surface area contributed by atoms with E-state index in [1.54, 1.807) is 7.11 Å². The number of nitrogens with zero attached hydrogens (tertiary/aromatic N) is 1. The lowest BCUT2D eigenvalue weighted by atomic mass is 9.78. The second-order valence-corrected chi connectivity index (χ2v) is 7.08. The Labute approximate surface area is 154 Å². The van der Waals surface area contributed by atoms with Crippen molar-refractivity contribution in [3.63, 3.8) is 0 Å². The molecule has 26 heavy (non-hydrogen) atoms. The number of carbonyl (C=O) groups excluding carboxylic acids is 1. The van der Waals surface area contributed by atoms with Crippen LogP contribution in [0.25, 0.3) is 5.57 Å². The van der Waals surface area contributed by atoms with Crippen molar-refractivity contribution in [3.8, 4) is 0 Å². The number of rotatable bonds is 5. The maximum Gasteiger partial charge on any atom is 0.282 e. The minimum atomic E-state index is -0.817. The van der Waals surface area contributed by atoms with Gasteiger partial charge in [0, 0.05) is 7.11 Å². The molecule has 0 atom stereocenters. The summed E-state index contributed by atoms with van der Waals surface area (Å²) in [4.78, 5) is 18.6. The monoisotopic (exact) mass is 361 g/mol. The van der Waals surface area contributed by atoms with Crippen LogP contribution >= 0.6 is 0 Å². The van der Waals surface area contributed by atoms with E-state index in [1.165, 1.54) is 12.2 Å². The molecular formula is C20H27NO5. The Bertz CT molecular complexity index is 699. The van der Waals surface area contributed by atoms with Gasteiger partial charge in [-0.15, -0.1) is 0 Å². The molecule has 3 rings (SSSR count). The molecule has 1 amide bonds. The number of carbonyl (C=O) groups is 1. The molecule has 1 spiro atoms. The highest BCUT2D eigenvalue weighted by Crippen LogP contribution is 2.48. The van der Waals surface area contributed by atoms with Gasteiger partial charge in [-0.3, -0.25) is 9.63 Å². The van der Waals surface area contributed by atoms with Crippen molar-refractivity contribution in [3.05, 3.63) is 40.6 Å². The van der Waals surface area contributed by atoms with Crippen molar-refractivity contribution in [2.45, 2.75) is 51.2 Å². The number of methoxy groups -OCH3 is 1. The third-order valence-corrected chi connectivity index (χ3v) is 5.56. The van der Waals surface area contributed by atoms with Crippen LogP contribution in [0.3, 0.4) is 0 Å². The van der Waals surface area contributed by atoms with Gasteiger partial charge in [0.05, 0.1) is 18.8 Å². The molecule has 1 fully saturated rings. The summed E-state index contributed by atoms with van der Waals surface area (Å²) in [7, 11) is 3.08. The zero-order valence-corrected chi connectivity index (χ0v) is 15.9. The van der Waals surface area contributed by atoms with Crippen molar-refractivity contribution in [2.75, 3.05) is 21.0 Å². The van der Waals surface area contributed by atoms with Crippen LogP contribution in [0.2, 0.25) is 0 Å². The van der Waals surface area contributed by atoms with E-state index in [9.17, 15) is 9.90 Å². The Morgan fingerprint density at radius 1 is 1.19 bits per heavy atom. The SMILES string of the molecule is COCOC1CCC2(CC1)C(O)=C(c1c(C)cccc1C)C(=O)N2OC. The van der Waals surface area contributed by atoms with Crippen LogP contribution in [0.5, 0.6) is 0 Å². The molecule has 0 unspecified atom stereocenters. The van der Waals surface area contributed by atoms with E-state index in [0.717, 1.165) is 29.5 Å². The van der Waals surface area contributed by atoms with Gasteiger partial charge in [0.15, 0.2) is 0 Å². The third kappa shape index (κ3) is 2.92. The fourth-order valence-corrected chi connectivity index (χ4v) is 4.26. The summed E-state index contributed by atoms with van der Waals surface area (Å²) in [6.45, 7) is 4.15. The smallest absolute Gasteiger partial charge is 0.282 e. The van der Waals surface area contributed by atoms with Crippen LogP contribution in [0.15, 0.2) is 24.0 Å². The molecule has 6 heteroatoms. The van der Waals surface area contributed by atoms with Crippen LogP contribution in [0.4, 0.5) is 0 Å². The van der Waals surface area contributed by atoms with Gasteiger partial charge in [0.25, 0.3) is 5.91 Å². The number of amides is 1. The average molecular weight is 361 g/mol. The second kappa shape index (κ2) is 7.39. The summed E-state index contributed by atoms with van der Waals surface area (Å²) in [5, 5.41) is 12.5. The Morgan fingerprint density at radius 2 is 1.81 bits per heavy atom. The van der Waals surface area contributed by atoms with Gasteiger partial charge in [-0.05, 0) is 56.2 Å². The van der Waals surface area contributed by atoms with Crippen LogP contribution in [-0.2, 0) is 19.1 Å². The summed E-state index contributed by atoms with van der Waals surface area (Å²) in [5.74, 6) is -0.161. The molecule has 142 valence electrons. The van der Waals surface area contributed by atoms with Crippen molar-refractivity contribution >= 4 is 11.5 Å². The van der Waals surface area contributed by atoms with E-state index in [2.05, 4.69) is 0 Å². The number of ether oxygens (including phenoxy) is 2. The van der Waals surface area contributed by atoms with E-state index in [0.29, 0.717) is 18.4 Å². The molecule has 0 radical (unpaired) electrons. The number of hydrogen-bond acceptors (Lipinski definition) is 5. The summed E-state index contributed by atoms with van der Waals surface area (Å²) < 4.78 is 10.6. The first-order chi connectivity index (χ1) is 12.5. The third-order valence-electron chi connectivity index (χ3n) is 5.56. The topological polar surface area (TPSA) is 68.2 Å². The summed E-state index contributed by atoms with van der Waals surface area (Å²) in [5.41, 5.74) is 2.27. The number of aliphatic hydroxyl groups is 1. The fourth-order valence-electron chi connectivity index (χ4n) is 4.26. The first kappa shape index (κ1) is 18.9. The molecule has 1 aliphatic carbocycles. The number of aryl methyl sites for hydroxylation is 2. The van der Waals surface area contributed by atoms with Crippen LogP contribution < -0.4 is 0 Å². The molecule has 6 nitrogen and oxygen atoms in total. The molecule has 1 N–H and O–H groups in total. The zero-order chi connectivity index (χ0) is 18.9. The fraction of sp³-hybridized carbons (Fsp3) is 0.550. The lowest BCUT2D eigenvalue weighted by molar-refractivity contribution is -0.206. The lowest BCUT2D eigenvalue weighted by Crippen LogP contribution is -2.51. The maximum absolute atomic E-state index is 13.1. The predicted octanol–water partition coefficient (Wildman–Crippen LogP) is 3.28. The normalized spacial score (nSPS) is 26.2. The first-order valence-electron chi connectivity index (χ1n) is 8.95. The number of hydroxylamine groups is 2. The summed E-state index contributed by atoms with van der Waals surface area (Å²) in [6, 6.07) is 5.86. The van der Waals surface area contributed by atoms with Crippen LogP contribution in [0, 0.1) is 13.8 Å². The zero-order valence-electron chi connectivity index (χ0n) is 15.9. The Morgan fingerprint density at radius 3 is 2.35 bits per heavy atom. The predicted molar refractivity (Wildman–Crippen MR) is 97.3 cm³/mol. The quantitative estimate of drug-likeness (QED) is 0.815. The molecule has 1 aromatic rings. The lowest BCUT2D eigenvalue weighted by Gasteiger charge is -2.41. The largest absolute Gasteiger partial charge is 0.509 e. The number of benzene rings is 1. The van der Waals surface area contributed by atoms with Crippen LogP contribution in [-0.4, -0.2) is 48.7 Å². The summed E-state index contributed by atoms with van der Waals surface area (Å²) >= 11 is 0. The van der Waals surface area contributed by atoms with E-state index >= 15 is 0 Å². The highest BCUT2D eigenvalue weighted by atomic mass is 16.7. The van der Waals surface area contributed by atoms with Crippen molar-refractivity contribution < 1.29 is 24.2 Å². The molecule has 1 aliphatic heterocycles. The van der Waals surface area contributed by atoms with Gasteiger partial charge >= 0.3 is 0 Å². The van der Waals surface area contributed by atoms with Gasteiger partial charge in [0.1, 0.15) is 18.1 Å². The molecule has 0 bridgehead atoms. The van der Waals surface area contributed by atoms with Gasteiger partial charge in [-0.2, -0.15) is 0 Å². The maximum atomic E-state index is 13.1. The highest BCUT2D eigenvalue weighted by molar-refractivity contribution is 6.23. The molecule has 1 aromatic carbocycles. The highest BCUT2D eigenvalue weighted by Gasteiger charge is 2.55. The summed E-state index contributed by atoms with van der Waals surface area (Å²) in [6.07, 6.45) is 2.68. The van der Waals surface area contributed by atoms with E-state index in [4.69, 9.17) is 14.3 Å². The minimum Gasteiger partial charge on any atom is -0.509 e.